The number of H-pyrrole nitrogens is 1. The Hall–Kier alpha value is -2.43. The van der Waals surface area contributed by atoms with Crippen molar-refractivity contribution in [2.45, 2.75) is 39.7 Å². The van der Waals surface area contributed by atoms with Crippen LogP contribution in [0.15, 0.2) is 24.9 Å². The van der Waals surface area contributed by atoms with Crippen LogP contribution in [0, 0.1) is 0 Å². The first-order valence-corrected chi connectivity index (χ1v) is 8.52. The van der Waals surface area contributed by atoms with E-state index < -0.39 is 5.60 Å². The van der Waals surface area contributed by atoms with Crippen LogP contribution in [0.2, 0.25) is 0 Å². The highest BCUT2D eigenvalue weighted by Gasteiger charge is 2.24. The second-order valence-corrected chi connectivity index (χ2v) is 6.96. The Morgan fingerprint density at radius 3 is 2.60 bits per heavy atom. The number of hydrogen-bond donors (Lipinski definition) is 1. The minimum atomic E-state index is -0.479. The van der Waals surface area contributed by atoms with E-state index in [0.717, 1.165) is 28.3 Å². The lowest BCUT2D eigenvalue weighted by Gasteiger charge is -2.29. The fraction of sp³-hybridized carbons (Fsp3) is 0.450. The molecule has 0 aromatic carbocycles. The van der Waals surface area contributed by atoms with Gasteiger partial charge in [-0.2, -0.15) is 0 Å². The fourth-order valence-corrected chi connectivity index (χ4v) is 2.88. The van der Waals surface area contributed by atoms with E-state index in [1.54, 1.807) is 18.1 Å². The maximum atomic E-state index is 12.2. The third-order valence-electron chi connectivity index (χ3n) is 4.06. The van der Waals surface area contributed by atoms with Gasteiger partial charge in [-0.1, -0.05) is 18.7 Å². The lowest BCUT2D eigenvalue weighted by molar-refractivity contribution is 0.0270. The van der Waals surface area contributed by atoms with Crippen molar-refractivity contribution >= 4 is 23.5 Å². The van der Waals surface area contributed by atoms with Crippen LogP contribution in [0.5, 0.6) is 0 Å². The molecule has 2 heterocycles. The van der Waals surface area contributed by atoms with Gasteiger partial charge in [-0.05, 0) is 45.8 Å². The fourth-order valence-electron chi connectivity index (χ4n) is 2.88. The summed E-state index contributed by atoms with van der Waals surface area (Å²) in [5, 5.41) is 2.01. The number of amides is 1. The van der Waals surface area contributed by atoms with Gasteiger partial charge in [0.25, 0.3) is 0 Å². The number of rotatable bonds is 3. The summed E-state index contributed by atoms with van der Waals surface area (Å²) >= 11 is 0. The average molecular weight is 344 g/mol. The Morgan fingerprint density at radius 1 is 1.40 bits per heavy atom. The van der Waals surface area contributed by atoms with Crippen molar-refractivity contribution in [3.8, 4) is 0 Å². The zero-order valence-electron chi connectivity index (χ0n) is 15.8. The van der Waals surface area contributed by atoms with Gasteiger partial charge in [-0.25, -0.2) is 4.79 Å². The van der Waals surface area contributed by atoms with Crippen molar-refractivity contribution in [2.24, 2.45) is 0 Å². The number of nitrogens with one attached hydrogen (secondary N) is 1. The van der Waals surface area contributed by atoms with Crippen LogP contribution in [0.3, 0.4) is 0 Å². The van der Waals surface area contributed by atoms with Crippen LogP contribution in [-0.4, -0.2) is 41.8 Å². The number of carbonyl (C=O) groups is 1. The van der Waals surface area contributed by atoms with E-state index in [9.17, 15) is 4.79 Å². The van der Waals surface area contributed by atoms with Gasteiger partial charge in [0, 0.05) is 35.4 Å². The first-order valence-electron chi connectivity index (χ1n) is 8.52. The molecule has 1 aromatic rings. The molecule has 5 nitrogen and oxygen atoms in total. The van der Waals surface area contributed by atoms with Crippen LogP contribution in [-0.2, 0) is 9.47 Å². The molecule has 0 fully saturated rings. The Kier molecular flexibility index (Phi) is 5.77. The molecule has 0 saturated carbocycles. The third-order valence-corrected chi connectivity index (χ3v) is 4.06. The van der Waals surface area contributed by atoms with E-state index in [0.29, 0.717) is 13.1 Å². The SMILES string of the molecule is C=C/C(OC)=c1/c(C2=CCN(C(=O)OC(C)(C)C)CC2)c[nH]/c1=C/C. The Labute approximate surface area is 149 Å². The minimum absolute atomic E-state index is 0.269. The van der Waals surface area contributed by atoms with Crippen molar-refractivity contribution in [3.05, 3.63) is 41.1 Å². The van der Waals surface area contributed by atoms with Crippen LogP contribution < -0.4 is 10.6 Å². The van der Waals surface area contributed by atoms with E-state index in [-0.39, 0.29) is 6.09 Å². The van der Waals surface area contributed by atoms with Crippen molar-refractivity contribution in [1.82, 2.24) is 9.88 Å². The van der Waals surface area contributed by atoms with E-state index in [1.165, 1.54) is 5.57 Å². The van der Waals surface area contributed by atoms with Crippen LogP contribution in [0.1, 0.15) is 39.7 Å². The molecule has 1 amide bonds. The maximum Gasteiger partial charge on any atom is 0.410 e. The number of aromatic amines is 1. The van der Waals surface area contributed by atoms with Gasteiger partial charge in [-0.15, -0.1) is 0 Å². The molecule has 1 aliphatic heterocycles. The molecule has 0 radical (unpaired) electrons. The molecule has 1 aromatic heterocycles. The summed E-state index contributed by atoms with van der Waals surface area (Å²) in [4.78, 5) is 17.2. The first-order chi connectivity index (χ1) is 11.8. The average Bonchev–Trinajstić information content (AvgIpc) is 2.98. The van der Waals surface area contributed by atoms with E-state index in [2.05, 4.69) is 17.6 Å². The molecule has 0 spiro atoms. The molecule has 0 atom stereocenters. The zero-order chi connectivity index (χ0) is 18.6. The van der Waals surface area contributed by atoms with E-state index in [4.69, 9.17) is 9.47 Å². The standard InChI is InChI=1S/C20H28N2O3/c1-7-16-18(17(8-2)24-6)15(13-21-16)14-9-11-22(12-10-14)19(23)25-20(3,4)5/h7-9,13,21H,2,10-12H2,1,3-6H3/b16-7+,18-17+. The molecule has 0 unspecified atom stereocenters. The smallest absolute Gasteiger partial charge is 0.410 e. The van der Waals surface area contributed by atoms with Gasteiger partial charge in [0.15, 0.2) is 0 Å². The summed E-state index contributed by atoms with van der Waals surface area (Å²) in [5.74, 6) is 0.736. The quantitative estimate of drug-likeness (QED) is 0.917. The van der Waals surface area contributed by atoms with E-state index >= 15 is 0 Å². The first kappa shape index (κ1) is 18.9. The topological polar surface area (TPSA) is 54.6 Å². The Balaban J connectivity index is 2.32. The van der Waals surface area contributed by atoms with Crippen LogP contribution >= 0.6 is 0 Å². The maximum absolute atomic E-state index is 12.2. The summed E-state index contributed by atoms with van der Waals surface area (Å²) in [7, 11) is 1.65. The highest BCUT2D eigenvalue weighted by molar-refractivity contribution is 5.74. The van der Waals surface area contributed by atoms with Crippen molar-refractivity contribution in [3.63, 3.8) is 0 Å². The van der Waals surface area contributed by atoms with Gasteiger partial charge in [-0.3, -0.25) is 0 Å². The van der Waals surface area contributed by atoms with Gasteiger partial charge in [0.1, 0.15) is 11.4 Å². The lowest BCUT2D eigenvalue weighted by atomic mass is 10.00. The molecule has 0 aliphatic carbocycles. The second-order valence-electron chi connectivity index (χ2n) is 6.96. The summed E-state index contributed by atoms with van der Waals surface area (Å²) in [6, 6.07) is 0. The highest BCUT2D eigenvalue weighted by atomic mass is 16.6. The zero-order valence-corrected chi connectivity index (χ0v) is 15.8. The highest BCUT2D eigenvalue weighted by Crippen LogP contribution is 2.21. The van der Waals surface area contributed by atoms with Crippen molar-refractivity contribution in [2.75, 3.05) is 20.2 Å². The van der Waals surface area contributed by atoms with Crippen LogP contribution in [0.4, 0.5) is 4.79 Å². The Bertz CT molecular complexity index is 794. The van der Waals surface area contributed by atoms with Gasteiger partial charge in [0.05, 0.1) is 7.11 Å². The Morgan fingerprint density at radius 2 is 2.12 bits per heavy atom. The summed E-state index contributed by atoms with van der Waals surface area (Å²) in [6.45, 7) is 12.6. The molecule has 5 heteroatoms. The van der Waals surface area contributed by atoms with Crippen molar-refractivity contribution < 1.29 is 14.3 Å². The molecule has 0 bridgehead atoms. The monoisotopic (exact) mass is 344 g/mol. The van der Waals surface area contributed by atoms with E-state index in [1.807, 2.05) is 40.0 Å². The summed E-state index contributed by atoms with van der Waals surface area (Å²) < 4.78 is 10.9. The lowest BCUT2D eigenvalue weighted by Crippen LogP contribution is -2.39. The second kappa shape index (κ2) is 7.64. The number of methoxy groups -OCH3 is 1. The van der Waals surface area contributed by atoms with Gasteiger partial charge < -0.3 is 19.4 Å². The molecule has 136 valence electrons. The number of nitrogens with zero attached hydrogens (tertiary/aromatic N) is 1. The molecular formula is C20H28N2O3. The summed E-state index contributed by atoms with van der Waals surface area (Å²) in [5.41, 5.74) is 1.80. The van der Waals surface area contributed by atoms with Crippen LogP contribution in [0.25, 0.3) is 17.4 Å². The van der Waals surface area contributed by atoms with Gasteiger partial charge in [0.2, 0.25) is 0 Å². The molecular weight excluding hydrogens is 316 g/mol. The van der Waals surface area contributed by atoms with Crippen molar-refractivity contribution in [1.29, 1.82) is 0 Å². The molecule has 25 heavy (non-hydrogen) atoms. The minimum Gasteiger partial charge on any atom is -0.496 e. The molecule has 0 saturated heterocycles. The third kappa shape index (κ3) is 4.35. The summed E-state index contributed by atoms with van der Waals surface area (Å²) in [6.07, 6.45) is 8.29. The number of ether oxygens (including phenoxy) is 2. The molecule has 1 N–H and O–H groups in total. The predicted octanol–water partition coefficient (Wildman–Crippen LogP) is 2.78. The molecule has 2 rings (SSSR count). The predicted molar refractivity (Wildman–Crippen MR) is 101 cm³/mol. The largest absolute Gasteiger partial charge is 0.496 e. The molecule has 1 aliphatic rings. The number of carbonyl (C=O) groups excluding carboxylic acids is 1. The normalized spacial score (nSPS) is 17.1. The van der Waals surface area contributed by atoms with Gasteiger partial charge >= 0.3 is 6.09 Å². The number of aromatic nitrogens is 1. The number of hydrogen-bond acceptors (Lipinski definition) is 3.